The average Bonchev–Trinajstić information content (AvgIpc) is 3.19. The second kappa shape index (κ2) is 7.43. The van der Waals surface area contributed by atoms with Crippen molar-refractivity contribution in [1.82, 2.24) is 19.5 Å². The summed E-state index contributed by atoms with van der Waals surface area (Å²) in [6, 6.07) is 0.330. The van der Waals surface area contributed by atoms with E-state index in [1.165, 1.54) is 0 Å². The number of ether oxygens (including phenoxy) is 1. The van der Waals surface area contributed by atoms with Crippen molar-refractivity contribution >= 4 is 29.2 Å². The molecule has 1 saturated heterocycles. The number of fused-ring (bicyclic) bond motifs is 1. The summed E-state index contributed by atoms with van der Waals surface area (Å²) in [4.78, 5) is 13.2. The van der Waals surface area contributed by atoms with E-state index in [1.807, 2.05) is 4.57 Å². The van der Waals surface area contributed by atoms with Crippen LogP contribution in [-0.4, -0.2) is 38.3 Å². The number of anilines is 1. The maximum absolute atomic E-state index is 6.01. The number of nitrogens with two attached hydrogens (primary N) is 1. The first-order valence-corrected chi connectivity index (χ1v) is 8.61. The number of imidazole rings is 1. The van der Waals surface area contributed by atoms with E-state index in [-0.39, 0.29) is 12.3 Å². The van der Waals surface area contributed by atoms with Gasteiger partial charge in [0, 0.05) is 6.04 Å². The SMILES string of the molecule is CCC(C)Nc1ncnc2c1ncn2C1CCC(COSN)O1. The van der Waals surface area contributed by atoms with Crippen molar-refractivity contribution in [1.29, 1.82) is 0 Å². The highest BCUT2D eigenvalue weighted by molar-refractivity contribution is 7.92. The topological polar surface area (TPSA) is 100 Å². The number of nitrogens with one attached hydrogen (secondary N) is 1. The zero-order chi connectivity index (χ0) is 16.2. The van der Waals surface area contributed by atoms with Crippen molar-refractivity contribution in [2.24, 2.45) is 5.14 Å². The van der Waals surface area contributed by atoms with Crippen molar-refractivity contribution in [2.75, 3.05) is 11.9 Å². The van der Waals surface area contributed by atoms with Gasteiger partial charge >= 0.3 is 0 Å². The maximum Gasteiger partial charge on any atom is 0.167 e. The van der Waals surface area contributed by atoms with Crippen LogP contribution < -0.4 is 10.5 Å². The van der Waals surface area contributed by atoms with Crippen molar-refractivity contribution in [3.05, 3.63) is 12.7 Å². The lowest BCUT2D eigenvalue weighted by molar-refractivity contribution is -0.0128. The van der Waals surface area contributed by atoms with Gasteiger partial charge in [-0.15, -0.1) is 0 Å². The number of rotatable bonds is 7. The van der Waals surface area contributed by atoms with Gasteiger partial charge in [-0.1, -0.05) is 6.92 Å². The van der Waals surface area contributed by atoms with Gasteiger partial charge in [0.1, 0.15) is 12.6 Å². The van der Waals surface area contributed by atoms with E-state index < -0.39 is 0 Å². The van der Waals surface area contributed by atoms with Crippen molar-refractivity contribution < 1.29 is 8.92 Å². The van der Waals surface area contributed by atoms with E-state index in [2.05, 4.69) is 34.1 Å². The number of hydrogen-bond acceptors (Lipinski definition) is 8. The van der Waals surface area contributed by atoms with Crippen LogP contribution in [0.4, 0.5) is 5.82 Å². The molecule has 8 nitrogen and oxygen atoms in total. The van der Waals surface area contributed by atoms with Gasteiger partial charge in [0.05, 0.1) is 31.3 Å². The quantitative estimate of drug-likeness (QED) is 0.586. The van der Waals surface area contributed by atoms with Crippen LogP contribution in [0.25, 0.3) is 11.2 Å². The lowest BCUT2D eigenvalue weighted by Crippen LogP contribution is -2.16. The fourth-order valence-electron chi connectivity index (χ4n) is 2.63. The minimum Gasteiger partial charge on any atom is -0.366 e. The van der Waals surface area contributed by atoms with E-state index in [1.54, 1.807) is 12.7 Å². The first kappa shape index (κ1) is 16.4. The minimum atomic E-state index is -0.0808. The highest BCUT2D eigenvalue weighted by Gasteiger charge is 2.28. The molecule has 2 aromatic rings. The molecule has 3 unspecified atom stereocenters. The largest absolute Gasteiger partial charge is 0.366 e. The first-order valence-electron chi connectivity index (χ1n) is 7.80. The Labute approximate surface area is 139 Å². The molecule has 0 aromatic carbocycles. The minimum absolute atomic E-state index is 0.0491. The molecule has 2 aromatic heterocycles. The van der Waals surface area contributed by atoms with Gasteiger partial charge in [-0.2, -0.15) is 0 Å². The van der Waals surface area contributed by atoms with E-state index >= 15 is 0 Å². The number of hydrogen-bond donors (Lipinski definition) is 2. The fourth-order valence-corrected chi connectivity index (χ4v) is 2.86. The van der Waals surface area contributed by atoms with Gasteiger partial charge in [0.2, 0.25) is 0 Å². The molecule has 3 N–H and O–H groups in total. The van der Waals surface area contributed by atoms with Crippen molar-refractivity contribution in [3.63, 3.8) is 0 Å². The summed E-state index contributed by atoms with van der Waals surface area (Å²) in [5.74, 6) is 0.764. The Morgan fingerprint density at radius 3 is 3.13 bits per heavy atom. The van der Waals surface area contributed by atoms with E-state index in [0.717, 1.165) is 48.5 Å². The summed E-state index contributed by atoms with van der Waals surface area (Å²) < 4.78 is 13.1. The Morgan fingerprint density at radius 2 is 2.35 bits per heavy atom. The maximum atomic E-state index is 6.01. The molecule has 0 spiro atoms. The molecule has 3 rings (SSSR count). The molecule has 126 valence electrons. The Balaban J connectivity index is 1.79. The van der Waals surface area contributed by atoms with Crippen LogP contribution in [0.15, 0.2) is 12.7 Å². The predicted molar refractivity (Wildman–Crippen MR) is 89.6 cm³/mol. The van der Waals surface area contributed by atoms with Crippen LogP contribution in [0.3, 0.4) is 0 Å². The van der Waals surface area contributed by atoms with Crippen molar-refractivity contribution in [2.45, 2.75) is 51.5 Å². The third-order valence-corrected chi connectivity index (χ3v) is 4.34. The zero-order valence-electron chi connectivity index (χ0n) is 13.3. The molecule has 1 fully saturated rings. The molecular weight excluding hydrogens is 316 g/mol. The van der Waals surface area contributed by atoms with Crippen LogP contribution in [0.5, 0.6) is 0 Å². The van der Waals surface area contributed by atoms with Crippen LogP contribution in [0.1, 0.15) is 39.3 Å². The standard InChI is InChI=1S/C14H22N6O2S/c1-3-9(2)19-13-12-14(17-7-16-13)20(8-18-12)11-5-4-10(22-11)6-21-23-15/h7-11H,3-6,15H2,1-2H3,(H,16,17,19). The fraction of sp³-hybridized carbons (Fsp3) is 0.643. The van der Waals surface area contributed by atoms with Gasteiger partial charge in [0.25, 0.3) is 0 Å². The summed E-state index contributed by atoms with van der Waals surface area (Å²) in [6.45, 7) is 4.73. The molecule has 3 atom stereocenters. The molecule has 9 heteroatoms. The summed E-state index contributed by atoms with van der Waals surface area (Å²) in [5.41, 5.74) is 1.55. The Hall–Kier alpha value is -1.42. The molecule has 1 aliphatic rings. The lowest BCUT2D eigenvalue weighted by atomic mass is 10.2. The van der Waals surface area contributed by atoms with E-state index in [4.69, 9.17) is 14.1 Å². The van der Waals surface area contributed by atoms with Gasteiger partial charge in [-0.05, 0) is 26.2 Å². The third kappa shape index (κ3) is 3.57. The number of nitrogens with zero attached hydrogens (tertiary/aromatic N) is 4. The first-order chi connectivity index (χ1) is 11.2. The second-order valence-electron chi connectivity index (χ2n) is 5.67. The Kier molecular flexibility index (Phi) is 5.31. The second-order valence-corrected chi connectivity index (χ2v) is 6.10. The molecular formula is C14H22N6O2S. The van der Waals surface area contributed by atoms with Crippen LogP contribution in [-0.2, 0) is 8.92 Å². The highest BCUT2D eigenvalue weighted by Crippen LogP contribution is 2.31. The Morgan fingerprint density at radius 1 is 1.48 bits per heavy atom. The molecule has 0 saturated carbocycles. The molecule has 1 aliphatic heterocycles. The van der Waals surface area contributed by atoms with Crippen molar-refractivity contribution in [3.8, 4) is 0 Å². The molecule has 3 heterocycles. The summed E-state index contributed by atoms with van der Waals surface area (Å²) >= 11 is 0.871. The smallest absolute Gasteiger partial charge is 0.167 e. The monoisotopic (exact) mass is 338 g/mol. The lowest BCUT2D eigenvalue weighted by Gasteiger charge is -2.15. The molecule has 23 heavy (non-hydrogen) atoms. The molecule has 0 amide bonds. The number of aromatic nitrogens is 4. The Bertz CT molecular complexity index is 651. The summed E-state index contributed by atoms with van der Waals surface area (Å²) in [6.07, 6.45) is 6.13. The van der Waals surface area contributed by atoms with Crippen LogP contribution >= 0.6 is 12.2 Å². The molecule has 0 bridgehead atoms. The van der Waals surface area contributed by atoms with Gasteiger partial charge < -0.3 is 10.1 Å². The van der Waals surface area contributed by atoms with Crippen LogP contribution in [0, 0.1) is 0 Å². The summed E-state index contributed by atoms with van der Waals surface area (Å²) in [7, 11) is 0. The van der Waals surface area contributed by atoms with E-state index in [9.17, 15) is 0 Å². The van der Waals surface area contributed by atoms with Gasteiger partial charge in [-0.3, -0.25) is 13.9 Å². The van der Waals surface area contributed by atoms with Gasteiger partial charge in [0.15, 0.2) is 17.0 Å². The normalized spacial score (nSPS) is 22.6. The zero-order valence-corrected chi connectivity index (χ0v) is 14.1. The highest BCUT2D eigenvalue weighted by atomic mass is 32.2. The van der Waals surface area contributed by atoms with Crippen LogP contribution in [0.2, 0.25) is 0 Å². The van der Waals surface area contributed by atoms with E-state index in [0.29, 0.717) is 12.6 Å². The third-order valence-electron chi connectivity index (χ3n) is 4.07. The average molecular weight is 338 g/mol. The predicted octanol–water partition coefficient (Wildman–Crippen LogP) is 2.25. The molecule has 0 aliphatic carbocycles. The van der Waals surface area contributed by atoms with Gasteiger partial charge in [-0.25, -0.2) is 15.0 Å². The summed E-state index contributed by atoms with van der Waals surface area (Å²) in [5, 5.41) is 8.65. The molecule has 0 radical (unpaired) electrons.